The minimum atomic E-state index is 0.00539. The average molecular weight is 351 g/mol. The van der Waals surface area contributed by atoms with Crippen LogP contribution < -0.4 is 5.56 Å². The van der Waals surface area contributed by atoms with Crippen LogP contribution in [0.15, 0.2) is 47.9 Å². The first-order valence-electron chi connectivity index (χ1n) is 8.92. The fourth-order valence-electron chi connectivity index (χ4n) is 2.75. The van der Waals surface area contributed by atoms with Gasteiger partial charge in [0.05, 0.1) is 11.9 Å². The van der Waals surface area contributed by atoms with Crippen LogP contribution in [0.2, 0.25) is 0 Å². The summed E-state index contributed by atoms with van der Waals surface area (Å²) in [5, 5.41) is 4.42. The highest BCUT2D eigenvalue weighted by Gasteiger charge is 2.13. The van der Waals surface area contributed by atoms with Crippen LogP contribution in [0, 0.1) is 5.41 Å². The van der Waals surface area contributed by atoms with Gasteiger partial charge in [-0.25, -0.2) is 14.6 Å². The standard InChI is InChI=1S/C20H25N5O/c1-5-8-24-14-17(6-7-19(24)26)25-13-16(12-23-25)15-10-21-18(22-11-15)9-20(2,3)4/h6-7,10-14H,5,8-9H2,1-4H3. The van der Waals surface area contributed by atoms with Crippen molar-refractivity contribution in [2.75, 3.05) is 0 Å². The molecule has 0 aromatic carbocycles. The monoisotopic (exact) mass is 351 g/mol. The first-order valence-corrected chi connectivity index (χ1v) is 8.92. The Balaban J connectivity index is 1.84. The molecule has 0 bridgehead atoms. The third-order valence-electron chi connectivity index (χ3n) is 4.01. The van der Waals surface area contributed by atoms with Gasteiger partial charge in [0.2, 0.25) is 0 Å². The summed E-state index contributed by atoms with van der Waals surface area (Å²) < 4.78 is 3.48. The minimum Gasteiger partial charge on any atom is -0.313 e. The van der Waals surface area contributed by atoms with Crippen LogP contribution in [0.1, 0.15) is 39.9 Å². The molecule has 3 aromatic rings. The molecule has 136 valence electrons. The molecule has 0 unspecified atom stereocenters. The Bertz CT molecular complexity index is 932. The Morgan fingerprint density at radius 3 is 2.38 bits per heavy atom. The van der Waals surface area contributed by atoms with Crippen LogP contribution in [-0.4, -0.2) is 24.3 Å². The average Bonchev–Trinajstić information content (AvgIpc) is 3.06. The van der Waals surface area contributed by atoms with Gasteiger partial charge < -0.3 is 4.57 Å². The summed E-state index contributed by atoms with van der Waals surface area (Å²) in [7, 11) is 0. The Labute approximate surface area is 153 Å². The van der Waals surface area contributed by atoms with E-state index in [2.05, 4.69) is 42.8 Å². The van der Waals surface area contributed by atoms with Gasteiger partial charge in [0.15, 0.2) is 0 Å². The lowest BCUT2D eigenvalue weighted by molar-refractivity contribution is 0.400. The lowest BCUT2D eigenvalue weighted by Gasteiger charge is -2.16. The maximum Gasteiger partial charge on any atom is 0.250 e. The van der Waals surface area contributed by atoms with E-state index in [9.17, 15) is 4.79 Å². The van der Waals surface area contributed by atoms with Gasteiger partial charge >= 0.3 is 0 Å². The Hall–Kier alpha value is -2.76. The number of nitrogens with zero attached hydrogens (tertiary/aromatic N) is 5. The second-order valence-electron chi connectivity index (χ2n) is 7.72. The van der Waals surface area contributed by atoms with E-state index in [4.69, 9.17) is 0 Å². The first-order chi connectivity index (χ1) is 12.4. The molecule has 6 nitrogen and oxygen atoms in total. The lowest BCUT2D eigenvalue weighted by atomic mass is 9.92. The van der Waals surface area contributed by atoms with Crippen LogP contribution in [0.4, 0.5) is 0 Å². The van der Waals surface area contributed by atoms with E-state index in [1.54, 1.807) is 27.6 Å². The van der Waals surface area contributed by atoms with Crippen molar-refractivity contribution in [2.24, 2.45) is 5.41 Å². The molecular weight excluding hydrogens is 326 g/mol. The predicted octanol–water partition coefficient (Wildman–Crippen LogP) is 3.49. The van der Waals surface area contributed by atoms with Gasteiger partial charge in [0.1, 0.15) is 5.82 Å². The molecule has 0 amide bonds. The van der Waals surface area contributed by atoms with E-state index in [0.29, 0.717) is 6.54 Å². The number of aryl methyl sites for hydroxylation is 1. The quantitative estimate of drug-likeness (QED) is 0.706. The zero-order valence-corrected chi connectivity index (χ0v) is 15.8. The zero-order valence-electron chi connectivity index (χ0n) is 15.8. The number of aromatic nitrogens is 5. The summed E-state index contributed by atoms with van der Waals surface area (Å²) in [5.41, 5.74) is 2.89. The van der Waals surface area contributed by atoms with Crippen LogP contribution in [0.25, 0.3) is 16.8 Å². The van der Waals surface area contributed by atoms with Gasteiger partial charge in [0, 0.05) is 54.9 Å². The maximum atomic E-state index is 11.9. The van der Waals surface area contributed by atoms with Crippen molar-refractivity contribution in [2.45, 2.75) is 47.1 Å². The smallest absolute Gasteiger partial charge is 0.250 e. The first kappa shape index (κ1) is 18.0. The van der Waals surface area contributed by atoms with E-state index in [1.165, 1.54) is 0 Å². The molecule has 0 aliphatic carbocycles. The molecule has 0 aliphatic rings. The molecule has 0 saturated heterocycles. The summed E-state index contributed by atoms with van der Waals surface area (Å²) in [5.74, 6) is 0.847. The number of pyridine rings is 1. The Morgan fingerprint density at radius 2 is 1.73 bits per heavy atom. The van der Waals surface area contributed by atoms with Gasteiger partial charge in [-0.1, -0.05) is 27.7 Å². The summed E-state index contributed by atoms with van der Waals surface area (Å²) in [6.07, 6.45) is 11.0. The molecule has 3 aromatic heterocycles. The lowest BCUT2D eigenvalue weighted by Crippen LogP contribution is -2.19. The number of hydrogen-bond acceptors (Lipinski definition) is 4. The molecule has 0 saturated carbocycles. The zero-order chi connectivity index (χ0) is 18.7. The molecule has 0 atom stereocenters. The largest absolute Gasteiger partial charge is 0.313 e. The summed E-state index contributed by atoms with van der Waals surface area (Å²) in [4.78, 5) is 20.8. The minimum absolute atomic E-state index is 0.00539. The van der Waals surface area contributed by atoms with Gasteiger partial charge in [-0.05, 0) is 17.9 Å². The fourth-order valence-corrected chi connectivity index (χ4v) is 2.75. The van der Waals surface area contributed by atoms with Crippen molar-refractivity contribution < 1.29 is 0 Å². The van der Waals surface area contributed by atoms with Gasteiger partial charge in [-0.3, -0.25) is 4.79 Å². The number of rotatable bonds is 5. The Kier molecular flexibility index (Phi) is 5.02. The van der Waals surface area contributed by atoms with E-state index in [1.807, 2.05) is 24.8 Å². The van der Waals surface area contributed by atoms with Crippen molar-refractivity contribution in [3.8, 4) is 16.8 Å². The van der Waals surface area contributed by atoms with E-state index in [-0.39, 0.29) is 11.0 Å². The summed E-state index contributed by atoms with van der Waals surface area (Å²) in [6.45, 7) is 9.27. The van der Waals surface area contributed by atoms with Crippen molar-refractivity contribution in [3.05, 3.63) is 59.3 Å². The van der Waals surface area contributed by atoms with Crippen LogP contribution in [0.3, 0.4) is 0 Å². The van der Waals surface area contributed by atoms with Crippen molar-refractivity contribution in [3.63, 3.8) is 0 Å². The Morgan fingerprint density at radius 1 is 1.00 bits per heavy atom. The maximum absolute atomic E-state index is 11.9. The number of hydrogen-bond donors (Lipinski definition) is 0. The van der Waals surface area contributed by atoms with E-state index < -0.39 is 0 Å². The van der Waals surface area contributed by atoms with Gasteiger partial charge in [-0.15, -0.1) is 0 Å². The molecule has 0 radical (unpaired) electrons. The highest BCUT2D eigenvalue weighted by atomic mass is 16.1. The molecule has 0 spiro atoms. The van der Waals surface area contributed by atoms with Gasteiger partial charge in [-0.2, -0.15) is 5.10 Å². The van der Waals surface area contributed by atoms with E-state index in [0.717, 1.165) is 35.5 Å². The summed E-state index contributed by atoms with van der Waals surface area (Å²) >= 11 is 0. The second kappa shape index (κ2) is 7.23. The van der Waals surface area contributed by atoms with Crippen molar-refractivity contribution in [1.29, 1.82) is 0 Å². The molecule has 0 aliphatic heterocycles. The third-order valence-corrected chi connectivity index (χ3v) is 4.01. The van der Waals surface area contributed by atoms with Crippen LogP contribution >= 0.6 is 0 Å². The third kappa shape index (κ3) is 4.25. The van der Waals surface area contributed by atoms with Gasteiger partial charge in [0.25, 0.3) is 5.56 Å². The van der Waals surface area contributed by atoms with Crippen molar-refractivity contribution in [1.82, 2.24) is 24.3 Å². The molecule has 3 rings (SSSR count). The SMILES string of the molecule is CCCn1cc(-n2cc(-c3cnc(CC(C)(C)C)nc3)cn2)ccc1=O. The van der Waals surface area contributed by atoms with E-state index >= 15 is 0 Å². The molecule has 6 heteroatoms. The molecular formula is C20H25N5O. The van der Waals surface area contributed by atoms with Crippen LogP contribution in [-0.2, 0) is 13.0 Å². The predicted molar refractivity (Wildman–Crippen MR) is 102 cm³/mol. The molecule has 0 N–H and O–H groups in total. The molecule has 3 heterocycles. The highest BCUT2D eigenvalue weighted by Crippen LogP contribution is 2.21. The molecule has 0 fully saturated rings. The topological polar surface area (TPSA) is 65.6 Å². The normalized spacial score (nSPS) is 11.7. The summed E-state index contributed by atoms with van der Waals surface area (Å²) in [6, 6.07) is 3.37. The van der Waals surface area contributed by atoms with Crippen LogP contribution in [0.5, 0.6) is 0 Å². The second-order valence-corrected chi connectivity index (χ2v) is 7.72. The highest BCUT2D eigenvalue weighted by molar-refractivity contribution is 5.60. The van der Waals surface area contributed by atoms with Crippen molar-refractivity contribution >= 4 is 0 Å². The molecule has 26 heavy (non-hydrogen) atoms. The fraction of sp³-hybridized carbons (Fsp3) is 0.400.